The quantitative estimate of drug-likeness (QED) is 0.316. The van der Waals surface area contributed by atoms with Gasteiger partial charge in [0, 0.05) is 31.4 Å². The van der Waals surface area contributed by atoms with Gasteiger partial charge < -0.3 is 20.1 Å². The Morgan fingerprint density at radius 1 is 1.21 bits per heavy atom. The lowest BCUT2D eigenvalue weighted by Gasteiger charge is -2.11. The highest BCUT2D eigenvalue weighted by molar-refractivity contribution is 14.0. The van der Waals surface area contributed by atoms with E-state index < -0.39 is 11.9 Å². The highest BCUT2D eigenvalue weighted by atomic mass is 127. The van der Waals surface area contributed by atoms with Crippen LogP contribution in [-0.2, 0) is 19.0 Å². The van der Waals surface area contributed by atoms with Crippen molar-refractivity contribution in [3.05, 3.63) is 39.8 Å². The lowest BCUT2D eigenvalue weighted by Crippen LogP contribution is -2.38. The highest BCUT2D eigenvalue weighted by Gasteiger charge is 2.33. The monoisotopic (exact) mass is 542 g/mol. The molecule has 11 heteroatoms. The molecular weight excluding hydrogens is 520 g/mol. The van der Waals surface area contributed by atoms with Crippen molar-refractivity contribution < 1.29 is 22.6 Å². The van der Waals surface area contributed by atoms with Crippen LogP contribution in [0.3, 0.4) is 0 Å². The van der Waals surface area contributed by atoms with Crippen molar-refractivity contribution >= 4 is 41.3 Å². The molecule has 1 aliphatic heterocycles. The molecule has 29 heavy (non-hydrogen) atoms. The van der Waals surface area contributed by atoms with Crippen molar-refractivity contribution in [2.24, 2.45) is 4.99 Å². The molecule has 0 unspecified atom stereocenters. The topological polar surface area (TPSA) is 67.8 Å². The average molecular weight is 542 g/mol. The number of hydrogen-bond donors (Lipinski definition) is 2. The van der Waals surface area contributed by atoms with E-state index in [1.807, 2.05) is 25.1 Å². The fraction of sp³-hybridized carbons (Fsp3) is 0.444. The lowest BCUT2D eigenvalue weighted by atomic mass is 10.1. The number of guanidine groups is 1. The minimum absolute atomic E-state index is 0. The van der Waals surface area contributed by atoms with Crippen LogP contribution < -0.4 is 20.1 Å². The van der Waals surface area contributed by atoms with Crippen molar-refractivity contribution in [3.8, 4) is 11.5 Å². The number of thiazole rings is 1. The van der Waals surface area contributed by atoms with Gasteiger partial charge in [-0.15, -0.1) is 35.3 Å². The number of alkyl halides is 3. The summed E-state index contributed by atoms with van der Waals surface area (Å²) < 4.78 is 48.4. The number of nitrogens with one attached hydrogen (secondary N) is 2. The first kappa shape index (κ1) is 23.5. The minimum atomic E-state index is -4.40. The van der Waals surface area contributed by atoms with Crippen molar-refractivity contribution in [2.45, 2.75) is 25.9 Å². The molecule has 0 spiro atoms. The summed E-state index contributed by atoms with van der Waals surface area (Å²) in [5.74, 6) is 2.12. The second kappa shape index (κ2) is 10.9. The van der Waals surface area contributed by atoms with E-state index in [-0.39, 0.29) is 30.8 Å². The second-order valence-corrected chi connectivity index (χ2v) is 6.94. The standard InChI is InChI=1S/C18H21F3N4O2S.HI/c1-2-22-17(24-8-6-16-25-15(10-28-16)18(19,20)21)23-7-5-12-3-4-13-14(9-12)27-11-26-13;/h3-4,9-10H,2,5-8,11H2,1H3,(H2,22,23,24);1H. The van der Waals surface area contributed by atoms with Crippen molar-refractivity contribution in [1.29, 1.82) is 0 Å². The zero-order valence-electron chi connectivity index (χ0n) is 15.7. The van der Waals surface area contributed by atoms with Crippen molar-refractivity contribution in [2.75, 3.05) is 26.4 Å². The van der Waals surface area contributed by atoms with Gasteiger partial charge in [0.1, 0.15) is 0 Å². The summed E-state index contributed by atoms with van der Waals surface area (Å²) >= 11 is 1.00. The Morgan fingerprint density at radius 3 is 2.72 bits per heavy atom. The van der Waals surface area contributed by atoms with Crippen LogP contribution in [0.15, 0.2) is 28.6 Å². The zero-order valence-corrected chi connectivity index (χ0v) is 18.9. The molecule has 1 aromatic carbocycles. The van der Waals surface area contributed by atoms with E-state index >= 15 is 0 Å². The molecule has 2 heterocycles. The molecule has 0 atom stereocenters. The fourth-order valence-electron chi connectivity index (χ4n) is 2.58. The Balaban J connectivity index is 0.00000300. The normalized spacial score (nSPS) is 13.2. The molecule has 1 aromatic heterocycles. The molecule has 0 bridgehead atoms. The number of halogens is 4. The largest absolute Gasteiger partial charge is 0.454 e. The van der Waals surface area contributed by atoms with Gasteiger partial charge in [-0.25, -0.2) is 4.98 Å². The molecule has 0 aliphatic carbocycles. The zero-order chi connectivity index (χ0) is 20.0. The highest BCUT2D eigenvalue weighted by Crippen LogP contribution is 2.32. The smallest absolute Gasteiger partial charge is 0.434 e. The summed E-state index contributed by atoms with van der Waals surface area (Å²) in [6, 6.07) is 5.83. The first-order valence-corrected chi connectivity index (χ1v) is 9.76. The van der Waals surface area contributed by atoms with E-state index in [0.717, 1.165) is 40.2 Å². The second-order valence-electron chi connectivity index (χ2n) is 6.00. The third kappa shape index (κ3) is 6.91. The minimum Gasteiger partial charge on any atom is -0.454 e. The van der Waals surface area contributed by atoms with Crippen molar-refractivity contribution in [1.82, 2.24) is 15.6 Å². The maximum atomic E-state index is 12.6. The van der Waals surface area contributed by atoms with Crippen LogP contribution in [0.25, 0.3) is 0 Å². The van der Waals surface area contributed by atoms with Crippen molar-refractivity contribution in [3.63, 3.8) is 0 Å². The Hall–Kier alpha value is -1.76. The van der Waals surface area contributed by atoms with Crippen LogP contribution >= 0.6 is 35.3 Å². The Kier molecular flexibility index (Phi) is 8.80. The SMILES string of the molecule is CCNC(=NCCc1nc(C(F)(F)F)cs1)NCCc1ccc2c(c1)OCO2.I. The maximum absolute atomic E-state index is 12.6. The Bertz CT molecular complexity index is 830. The van der Waals surface area contributed by atoms with Crippen LogP contribution in [0.5, 0.6) is 11.5 Å². The number of fused-ring (bicyclic) bond motifs is 1. The number of nitrogens with zero attached hydrogens (tertiary/aromatic N) is 2. The number of aromatic nitrogens is 1. The van der Waals surface area contributed by atoms with Crippen LogP contribution in [0, 0.1) is 0 Å². The number of hydrogen-bond acceptors (Lipinski definition) is 5. The first-order chi connectivity index (χ1) is 13.5. The summed E-state index contributed by atoms with van der Waals surface area (Å²) in [6.07, 6.45) is -3.27. The van der Waals surface area contributed by atoms with Gasteiger partial charge in [0.2, 0.25) is 6.79 Å². The van der Waals surface area contributed by atoms with E-state index in [0.29, 0.717) is 37.0 Å². The van der Waals surface area contributed by atoms with Crippen LogP contribution in [0.4, 0.5) is 13.2 Å². The average Bonchev–Trinajstić information content (AvgIpc) is 3.30. The molecule has 0 amide bonds. The molecule has 2 N–H and O–H groups in total. The predicted octanol–water partition coefficient (Wildman–Crippen LogP) is 3.85. The molecule has 0 fully saturated rings. The molecule has 6 nitrogen and oxygen atoms in total. The Labute approximate surface area is 187 Å². The van der Waals surface area contributed by atoms with Gasteiger partial charge >= 0.3 is 6.18 Å². The van der Waals surface area contributed by atoms with Gasteiger partial charge in [-0.1, -0.05) is 6.07 Å². The van der Waals surface area contributed by atoms with Gasteiger partial charge in [0.25, 0.3) is 0 Å². The van der Waals surface area contributed by atoms with Crippen LogP contribution in [0.2, 0.25) is 0 Å². The Morgan fingerprint density at radius 2 is 2.00 bits per heavy atom. The van der Waals surface area contributed by atoms with Crippen LogP contribution in [-0.4, -0.2) is 37.4 Å². The summed E-state index contributed by atoms with van der Waals surface area (Å²) in [5.41, 5.74) is 0.264. The number of ether oxygens (including phenoxy) is 2. The van der Waals surface area contributed by atoms with Gasteiger partial charge in [-0.3, -0.25) is 4.99 Å². The van der Waals surface area contributed by atoms with Gasteiger partial charge in [0.05, 0.1) is 5.01 Å². The predicted molar refractivity (Wildman–Crippen MR) is 116 cm³/mol. The molecule has 0 radical (unpaired) electrons. The summed E-state index contributed by atoms with van der Waals surface area (Å²) in [6.45, 7) is 3.89. The van der Waals surface area contributed by atoms with Gasteiger partial charge in [-0.05, 0) is 31.0 Å². The first-order valence-electron chi connectivity index (χ1n) is 8.88. The van der Waals surface area contributed by atoms with Crippen LogP contribution in [0.1, 0.15) is 23.2 Å². The molecule has 3 rings (SSSR count). The van der Waals surface area contributed by atoms with E-state index in [9.17, 15) is 13.2 Å². The van der Waals surface area contributed by atoms with E-state index in [4.69, 9.17) is 9.47 Å². The number of aliphatic imine (C=N–C) groups is 1. The van der Waals surface area contributed by atoms with E-state index in [1.54, 1.807) is 0 Å². The molecule has 0 saturated carbocycles. The number of rotatable bonds is 7. The summed E-state index contributed by atoms with van der Waals surface area (Å²) in [5, 5.41) is 7.80. The molecule has 2 aromatic rings. The summed E-state index contributed by atoms with van der Waals surface area (Å²) in [7, 11) is 0. The van der Waals surface area contributed by atoms with E-state index in [2.05, 4.69) is 20.6 Å². The third-order valence-electron chi connectivity index (χ3n) is 3.93. The lowest BCUT2D eigenvalue weighted by molar-refractivity contribution is -0.140. The fourth-order valence-corrected chi connectivity index (χ4v) is 3.38. The summed E-state index contributed by atoms with van der Waals surface area (Å²) in [4.78, 5) is 8.02. The van der Waals surface area contributed by atoms with E-state index in [1.165, 1.54) is 0 Å². The third-order valence-corrected chi connectivity index (χ3v) is 4.83. The maximum Gasteiger partial charge on any atom is 0.434 e. The molecule has 160 valence electrons. The molecular formula is C18H22F3IN4O2S. The van der Waals surface area contributed by atoms with Gasteiger partial charge in [-0.2, -0.15) is 13.2 Å². The molecule has 1 aliphatic rings. The number of benzene rings is 1. The van der Waals surface area contributed by atoms with Gasteiger partial charge in [0.15, 0.2) is 23.2 Å². The molecule has 0 saturated heterocycles.